The first-order chi connectivity index (χ1) is 14.3. The van der Waals surface area contributed by atoms with Gasteiger partial charge in [-0.25, -0.2) is 0 Å². The van der Waals surface area contributed by atoms with Gasteiger partial charge in [0.15, 0.2) is 11.5 Å². The lowest BCUT2D eigenvalue weighted by atomic mass is 10.1. The fourth-order valence-electron chi connectivity index (χ4n) is 3.69. The van der Waals surface area contributed by atoms with Crippen LogP contribution in [0.15, 0.2) is 48.5 Å². The monoisotopic (exact) mass is 404 g/mol. The smallest absolute Gasteiger partial charge is 0.161 e. The topological polar surface area (TPSA) is 54.3 Å². The quantitative estimate of drug-likeness (QED) is 0.550. The maximum Gasteiger partial charge on any atom is 0.161 e. The Kier molecular flexibility index (Phi) is 6.02. The first-order valence-corrected chi connectivity index (χ1v) is 10.7. The Labute approximate surface area is 175 Å². The minimum absolute atomic E-state index is 0.601. The van der Waals surface area contributed by atoms with E-state index in [1.807, 2.05) is 36.4 Å². The van der Waals surface area contributed by atoms with E-state index in [1.54, 1.807) is 18.4 Å². The molecule has 1 aliphatic rings. The molecule has 0 saturated carbocycles. The molecule has 0 amide bonds. The summed E-state index contributed by atoms with van der Waals surface area (Å²) in [5.41, 5.74) is 4.42. The van der Waals surface area contributed by atoms with Crippen molar-refractivity contribution in [1.82, 2.24) is 0 Å². The van der Waals surface area contributed by atoms with Crippen LogP contribution in [0.1, 0.15) is 33.6 Å². The molecule has 1 aromatic heterocycles. The highest BCUT2D eigenvalue weighted by Gasteiger charge is 2.21. The molecule has 1 aliphatic carbocycles. The third-order valence-electron chi connectivity index (χ3n) is 5.21. The Balaban J connectivity index is 1.39. The summed E-state index contributed by atoms with van der Waals surface area (Å²) in [5, 5.41) is 14.0. The number of benzene rings is 2. The number of methoxy groups -OCH3 is 1. The van der Waals surface area contributed by atoms with Crippen LogP contribution in [0.2, 0.25) is 0 Å². The number of thiophene rings is 1. The minimum atomic E-state index is 0.601. The van der Waals surface area contributed by atoms with Gasteiger partial charge in [-0.2, -0.15) is 5.26 Å². The van der Waals surface area contributed by atoms with E-state index in [-0.39, 0.29) is 0 Å². The van der Waals surface area contributed by atoms with Crippen LogP contribution in [0.25, 0.3) is 0 Å². The van der Waals surface area contributed by atoms with Crippen LogP contribution in [0.4, 0.5) is 5.00 Å². The zero-order valence-electron chi connectivity index (χ0n) is 16.5. The summed E-state index contributed by atoms with van der Waals surface area (Å²) in [6.07, 6.45) is 4.14. The van der Waals surface area contributed by atoms with Crippen LogP contribution in [0.3, 0.4) is 0 Å². The molecule has 0 fully saturated rings. The normalized spacial score (nSPS) is 12.3. The molecule has 0 unspecified atom stereocenters. The summed E-state index contributed by atoms with van der Waals surface area (Å²) in [6.45, 7) is 1.25. The second kappa shape index (κ2) is 9.02. The highest BCUT2D eigenvalue weighted by atomic mass is 32.1. The molecule has 5 heteroatoms. The fraction of sp³-hybridized carbons (Fsp3) is 0.292. The van der Waals surface area contributed by atoms with E-state index in [1.165, 1.54) is 22.4 Å². The van der Waals surface area contributed by atoms with Crippen LogP contribution in [0, 0.1) is 11.3 Å². The van der Waals surface area contributed by atoms with E-state index in [0.717, 1.165) is 46.9 Å². The van der Waals surface area contributed by atoms with Gasteiger partial charge in [-0.1, -0.05) is 36.4 Å². The average molecular weight is 405 g/mol. The predicted octanol–water partition coefficient (Wildman–Crippen LogP) is 5.35. The molecule has 29 heavy (non-hydrogen) atoms. The molecule has 1 heterocycles. The van der Waals surface area contributed by atoms with Crippen molar-refractivity contribution in [3.05, 3.63) is 75.7 Å². The fourth-order valence-corrected chi connectivity index (χ4v) is 4.93. The molecule has 0 aliphatic heterocycles. The lowest BCUT2D eigenvalue weighted by Crippen LogP contribution is -2.04. The van der Waals surface area contributed by atoms with Gasteiger partial charge in [0.1, 0.15) is 11.1 Å². The van der Waals surface area contributed by atoms with Gasteiger partial charge >= 0.3 is 0 Å². The SMILES string of the molecule is COc1cc(CNc2sc3c(c2C#N)CCC3)ccc1OCCc1ccccc1. The third kappa shape index (κ3) is 4.38. The number of nitrogens with zero attached hydrogens (tertiary/aromatic N) is 1. The van der Waals surface area contributed by atoms with Gasteiger partial charge in [-0.15, -0.1) is 11.3 Å². The second-order valence-electron chi connectivity index (χ2n) is 7.10. The van der Waals surface area contributed by atoms with Crippen molar-refractivity contribution in [2.45, 2.75) is 32.2 Å². The summed E-state index contributed by atoms with van der Waals surface area (Å²) in [4.78, 5) is 1.36. The maximum absolute atomic E-state index is 9.53. The number of ether oxygens (including phenoxy) is 2. The Hall–Kier alpha value is -2.97. The van der Waals surface area contributed by atoms with Crippen molar-refractivity contribution in [1.29, 1.82) is 5.26 Å². The van der Waals surface area contributed by atoms with E-state index in [2.05, 4.69) is 23.5 Å². The van der Waals surface area contributed by atoms with Gasteiger partial charge in [0.25, 0.3) is 0 Å². The number of nitriles is 1. The summed E-state index contributed by atoms with van der Waals surface area (Å²) in [6, 6.07) is 18.7. The largest absolute Gasteiger partial charge is 0.493 e. The van der Waals surface area contributed by atoms with Crippen molar-refractivity contribution in [2.75, 3.05) is 19.0 Å². The molecule has 0 saturated heterocycles. The standard InChI is InChI=1S/C24H24N2O2S/c1-27-22-14-18(10-11-21(22)28-13-12-17-6-3-2-4-7-17)16-26-24-20(15-25)19-8-5-9-23(19)29-24/h2-4,6-7,10-11,14,26H,5,8-9,12-13,16H2,1H3. The van der Waals surface area contributed by atoms with Gasteiger partial charge in [0.05, 0.1) is 19.3 Å². The molecule has 2 aromatic carbocycles. The Morgan fingerprint density at radius 1 is 1.07 bits per heavy atom. The average Bonchev–Trinajstić information content (AvgIpc) is 3.34. The first kappa shape index (κ1) is 19.4. The number of fused-ring (bicyclic) bond motifs is 1. The number of aryl methyl sites for hydroxylation is 1. The van der Waals surface area contributed by atoms with Crippen molar-refractivity contribution in [2.24, 2.45) is 0 Å². The molecule has 4 nitrogen and oxygen atoms in total. The molecule has 4 rings (SSSR count). The highest BCUT2D eigenvalue weighted by molar-refractivity contribution is 7.16. The molecule has 0 bridgehead atoms. The molecule has 0 spiro atoms. The summed E-state index contributed by atoms with van der Waals surface area (Å²) in [5.74, 6) is 1.48. The summed E-state index contributed by atoms with van der Waals surface area (Å²) in [7, 11) is 1.66. The number of hydrogen-bond acceptors (Lipinski definition) is 5. The van der Waals surface area contributed by atoms with Crippen LogP contribution in [-0.2, 0) is 25.8 Å². The molecular formula is C24H24N2O2S. The Morgan fingerprint density at radius 3 is 2.72 bits per heavy atom. The Morgan fingerprint density at radius 2 is 1.93 bits per heavy atom. The van der Waals surface area contributed by atoms with E-state index < -0.39 is 0 Å². The van der Waals surface area contributed by atoms with Crippen molar-refractivity contribution in [3.63, 3.8) is 0 Å². The van der Waals surface area contributed by atoms with Gasteiger partial charge in [0, 0.05) is 17.8 Å². The van der Waals surface area contributed by atoms with Crippen LogP contribution < -0.4 is 14.8 Å². The van der Waals surface area contributed by atoms with E-state index in [4.69, 9.17) is 9.47 Å². The number of nitrogens with one attached hydrogen (secondary N) is 1. The molecule has 0 atom stereocenters. The van der Waals surface area contributed by atoms with Crippen molar-refractivity contribution < 1.29 is 9.47 Å². The lowest BCUT2D eigenvalue weighted by Gasteiger charge is -2.13. The van der Waals surface area contributed by atoms with Gasteiger partial charge in [-0.05, 0) is 48.1 Å². The zero-order chi connectivity index (χ0) is 20.1. The van der Waals surface area contributed by atoms with Gasteiger partial charge < -0.3 is 14.8 Å². The van der Waals surface area contributed by atoms with E-state index >= 15 is 0 Å². The van der Waals surface area contributed by atoms with Gasteiger partial charge in [-0.3, -0.25) is 0 Å². The third-order valence-corrected chi connectivity index (χ3v) is 6.45. The highest BCUT2D eigenvalue weighted by Crippen LogP contribution is 2.39. The molecule has 0 radical (unpaired) electrons. The van der Waals surface area contributed by atoms with Crippen molar-refractivity contribution >= 4 is 16.3 Å². The first-order valence-electron chi connectivity index (χ1n) is 9.90. The zero-order valence-corrected chi connectivity index (χ0v) is 17.3. The summed E-state index contributed by atoms with van der Waals surface area (Å²) >= 11 is 1.73. The molecule has 3 aromatic rings. The lowest BCUT2D eigenvalue weighted by molar-refractivity contribution is 0.297. The molecule has 1 N–H and O–H groups in total. The second-order valence-corrected chi connectivity index (χ2v) is 8.20. The summed E-state index contributed by atoms with van der Waals surface area (Å²) < 4.78 is 11.5. The number of hydrogen-bond donors (Lipinski definition) is 1. The Bertz CT molecular complexity index is 1020. The molecule has 148 valence electrons. The van der Waals surface area contributed by atoms with Crippen molar-refractivity contribution in [3.8, 4) is 17.6 Å². The number of anilines is 1. The minimum Gasteiger partial charge on any atom is -0.493 e. The van der Waals surface area contributed by atoms with E-state index in [9.17, 15) is 5.26 Å². The predicted molar refractivity (Wildman–Crippen MR) is 117 cm³/mol. The van der Waals surface area contributed by atoms with Crippen LogP contribution in [-0.4, -0.2) is 13.7 Å². The maximum atomic E-state index is 9.53. The van der Waals surface area contributed by atoms with Crippen LogP contribution >= 0.6 is 11.3 Å². The number of rotatable bonds is 8. The van der Waals surface area contributed by atoms with Crippen LogP contribution in [0.5, 0.6) is 11.5 Å². The van der Waals surface area contributed by atoms with E-state index in [0.29, 0.717) is 13.2 Å². The van der Waals surface area contributed by atoms with Gasteiger partial charge in [0.2, 0.25) is 0 Å². The molecular weight excluding hydrogens is 380 g/mol.